The van der Waals surface area contributed by atoms with Crippen LogP contribution in [0.5, 0.6) is 5.75 Å². The van der Waals surface area contributed by atoms with Crippen LogP contribution < -0.4 is 4.74 Å². The predicted octanol–water partition coefficient (Wildman–Crippen LogP) is 4.20. The summed E-state index contributed by atoms with van der Waals surface area (Å²) in [4.78, 5) is 0. The lowest BCUT2D eigenvalue weighted by Crippen LogP contribution is -2.45. The summed E-state index contributed by atoms with van der Waals surface area (Å²) >= 11 is 3.53. The van der Waals surface area contributed by atoms with Crippen molar-refractivity contribution < 1.29 is 14.6 Å². The fraction of sp³-hybridized carbons (Fsp3) is 0.647. The number of hydrogen-bond donors (Lipinski definition) is 1. The summed E-state index contributed by atoms with van der Waals surface area (Å²) in [6, 6.07) is 5.78. The van der Waals surface area contributed by atoms with E-state index in [2.05, 4.69) is 15.9 Å². The summed E-state index contributed by atoms with van der Waals surface area (Å²) in [5, 5.41) is 9.16. The monoisotopic (exact) mass is 354 g/mol. The minimum absolute atomic E-state index is 0.0548. The van der Waals surface area contributed by atoms with Crippen molar-refractivity contribution in [2.75, 3.05) is 6.61 Å². The van der Waals surface area contributed by atoms with Crippen molar-refractivity contribution in [2.45, 2.75) is 63.3 Å². The Morgan fingerprint density at radius 3 is 2.81 bits per heavy atom. The highest BCUT2D eigenvalue weighted by Crippen LogP contribution is 2.40. The summed E-state index contributed by atoms with van der Waals surface area (Å²) in [5.74, 6) is 0.866. The fourth-order valence-electron chi connectivity index (χ4n) is 3.55. The number of hydrogen-bond acceptors (Lipinski definition) is 3. The molecule has 0 amide bonds. The molecule has 1 saturated heterocycles. The van der Waals surface area contributed by atoms with Crippen molar-refractivity contribution in [2.24, 2.45) is 0 Å². The van der Waals surface area contributed by atoms with Crippen molar-refractivity contribution in [3.05, 3.63) is 28.2 Å². The van der Waals surface area contributed by atoms with Crippen LogP contribution in [0.1, 0.15) is 50.5 Å². The van der Waals surface area contributed by atoms with Crippen LogP contribution in [0.25, 0.3) is 0 Å². The fourth-order valence-corrected chi connectivity index (χ4v) is 4.07. The number of aliphatic hydroxyl groups excluding tert-OH is 1. The van der Waals surface area contributed by atoms with Gasteiger partial charge in [-0.2, -0.15) is 0 Å². The minimum atomic E-state index is 0.0548. The summed E-state index contributed by atoms with van der Waals surface area (Å²) in [6.45, 7) is 0.857. The number of ether oxygens (including phenoxy) is 2. The first-order valence-electron chi connectivity index (χ1n) is 7.91. The largest absolute Gasteiger partial charge is 0.489 e. The molecule has 1 unspecified atom stereocenters. The third kappa shape index (κ3) is 3.61. The van der Waals surface area contributed by atoms with E-state index in [-0.39, 0.29) is 18.3 Å². The zero-order valence-electron chi connectivity index (χ0n) is 12.3. The molecule has 0 radical (unpaired) electrons. The van der Waals surface area contributed by atoms with Gasteiger partial charge in [-0.3, -0.25) is 0 Å². The van der Waals surface area contributed by atoms with E-state index in [0.717, 1.165) is 35.2 Å². The van der Waals surface area contributed by atoms with E-state index in [9.17, 15) is 0 Å². The second kappa shape index (κ2) is 6.67. The molecule has 0 bridgehead atoms. The Morgan fingerprint density at radius 2 is 2.10 bits per heavy atom. The van der Waals surface area contributed by atoms with Gasteiger partial charge in [0.05, 0.1) is 23.3 Å². The van der Waals surface area contributed by atoms with Gasteiger partial charge in [-0.15, -0.1) is 0 Å². The van der Waals surface area contributed by atoms with Gasteiger partial charge in [0.25, 0.3) is 0 Å². The topological polar surface area (TPSA) is 38.7 Å². The van der Waals surface area contributed by atoms with E-state index in [1.54, 1.807) is 0 Å². The number of halogens is 1. The first-order chi connectivity index (χ1) is 10.2. The molecule has 1 saturated carbocycles. The molecular formula is C17H23BrO3. The lowest BCUT2D eigenvalue weighted by Gasteiger charge is -2.43. The van der Waals surface area contributed by atoms with Crippen LogP contribution in [0.2, 0.25) is 0 Å². The van der Waals surface area contributed by atoms with Gasteiger partial charge in [0.15, 0.2) is 0 Å². The summed E-state index contributed by atoms with van der Waals surface area (Å²) in [7, 11) is 0. The zero-order chi connectivity index (χ0) is 14.7. The van der Waals surface area contributed by atoms with Gasteiger partial charge in [-0.1, -0.05) is 25.3 Å². The Hall–Kier alpha value is -0.580. The van der Waals surface area contributed by atoms with E-state index in [4.69, 9.17) is 14.6 Å². The molecule has 116 valence electrons. The van der Waals surface area contributed by atoms with Gasteiger partial charge in [0.2, 0.25) is 0 Å². The maximum Gasteiger partial charge on any atom is 0.133 e. The Morgan fingerprint density at radius 1 is 1.29 bits per heavy atom. The van der Waals surface area contributed by atoms with E-state index >= 15 is 0 Å². The molecule has 1 aliphatic carbocycles. The van der Waals surface area contributed by atoms with Crippen molar-refractivity contribution in [3.8, 4) is 5.75 Å². The summed E-state index contributed by atoms with van der Waals surface area (Å²) in [6.07, 6.45) is 8.44. The second-order valence-corrected chi connectivity index (χ2v) is 7.10. The molecule has 4 heteroatoms. The normalized spacial score (nSPS) is 25.0. The molecule has 1 aromatic carbocycles. The Bertz CT molecular complexity index is 477. The van der Waals surface area contributed by atoms with E-state index in [0.29, 0.717) is 0 Å². The highest BCUT2D eigenvalue weighted by atomic mass is 79.9. The highest BCUT2D eigenvalue weighted by Gasteiger charge is 2.39. The predicted molar refractivity (Wildman–Crippen MR) is 85.5 cm³/mol. The molecule has 1 heterocycles. The molecule has 1 atom stereocenters. The van der Waals surface area contributed by atoms with Crippen LogP contribution in [0.4, 0.5) is 0 Å². The van der Waals surface area contributed by atoms with Crippen LogP contribution >= 0.6 is 15.9 Å². The second-order valence-electron chi connectivity index (χ2n) is 6.25. The number of benzene rings is 1. The summed E-state index contributed by atoms with van der Waals surface area (Å²) in [5.41, 5.74) is 0.962. The van der Waals surface area contributed by atoms with Gasteiger partial charge < -0.3 is 14.6 Å². The van der Waals surface area contributed by atoms with E-state index < -0.39 is 0 Å². The molecule has 1 aliphatic heterocycles. The van der Waals surface area contributed by atoms with Crippen molar-refractivity contribution >= 4 is 15.9 Å². The third-order valence-corrected chi connectivity index (χ3v) is 5.30. The van der Waals surface area contributed by atoms with E-state index in [1.165, 1.54) is 32.1 Å². The van der Waals surface area contributed by atoms with Crippen molar-refractivity contribution in [1.29, 1.82) is 0 Å². The quantitative estimate of drug-likeness (QED) is 0.883. The van der Waals surface area contributed by atoms with Gasteiger partial charge >= 0.3 is 0 Å². The average Bonchev–Trinajstić information content (AvgIpc) is 2.50. The zero-order valence-corrected chi connectivity index (χ0v) is 13.9. The van der Waals surface area contributed by atoms with Crippen LogP contribution in [-0.4, -0.2) is 23.4 Å². The van der Waals surface area contributed by atoms with Gasteiger partial charge in [0, 0.05) is 12.8 Å². The molecule has 3 rings (SSSR count). The SMILES string of the molecule is OCc1ccc(OC2CCOC3(CCCCC3)C2)c(Br)c1. The first-order valence-corrected chi connectivity index (χ1v) is 8.70. The van der Waals surface area contributed by atoms with Gasteiger partial charge in [-0.25, -0.2) is 0 Å². The summed E-state index contributed by atoms with van der Waals surface area (Å²) < 4.78 is 13.2. The number of rotatable bonds is 3. The van der Waals surface area contributed by atoms with Gasteiger partial charge in [0.1, 0.15) is 11.9 Å². The van der Waals surface area contributed by atoms with Crippen LogP contribution in [0.15, 0.2) is 22.7 Å². The molecule has 2 aliphatic rings. The first kappa shape index (κ1) is 15.3. The molecule has 3 nitrogen and oxygen atoms in total. The minimum Gasteiger partial charge on any atom is -0.489 e. The van der Waals surface area contributed by atoms with Gasteiger partial charge in [-0.05, 0) is 46.5 Å². The van der Waals surface area contributed by atoms with Crippen molar-refractivity contribution in [3.63, 3.8) is 0 Å². The van der Waals surface area contributed by atoms with Crippen molar-refractivity contribution in [1.82, 2.24) is 0 Å². The molecule has 1 aromatic rings. The highest BCUT2D eigenvalue weighted by molar-refractivity contribution is 9.10. The standard InChI is InChI=1S/C17H23BrO3/c18-15-10-13(12-19)4-5-16(15)21-14-6-9-20-17(11-14)7-2-1-3-8-17/h4-5,10,14,19H,1-3,6-9,11-12H2. The third-order valence-electron chi connectivity index (χ3n) is 4.69. The molecular weight excluding hydrogens is 332 g/mol. The maximum atomic E-state index is 9.16. The average molecular weight is 355 g/mol. The Balaban J connectivity index is 1.67. The Kier molecular flexibility index (Phi) is 4.87. The Labute approximate surface area is 134 Å². The van der Waals surface area contributed by atoms with E-state index in [1.807, 2.05) is 18.2 Å². The molecule has 0 aromatic heterocycles. The molecule has 21 heavy (non-hydrogen) atoms. The maximum absolute atomic E-state index is 9.16. The lowest BCUT2D eigenvalue weighted by atomic mass is 9.79. The molecule has 1 spiro atoms. The lowest BCUT2D eigenvalue weighted by molar-refractivity contribution is -0.129. The van der Waals surface area contributed by atoms with Crippen LogP contribution in [0.3, 0.4) is 0 Å². The molecule has 2 fully saturated rings. The number of aliphatic hydroxyl groups is 1. The van der Waals surface area contributed by atoms with Crippen LogP contribution in [0, 0.1) is 0 Å². The molecule has 1 N–H and O–H groups in total. The smallest absolute Gasteiger partial charge is 0.133 e. The van der Waals surface area contributed by atoms with Crippen LogP contribution in [-0.2, 0) is 11.3 Å².